The van der Waals surface area contributed by atoms with Crippen molar-refractivity contribution in [2.24, 2.45) is 0 Å². The van der Waals surface area contributed by atoms with Gasteiger partial charge >= 0.3 is 0 Å². The number of thiocarbonyl (C=S) groups is 1. The number of benzene rings is 2. The van der Waals surface area contributed by atoms with Crippen molar-refractivity contribution in [3.05, 3.63) is 68.1 Å². The molecule has 114 valence electrons. The van der Waals surface area contributed by atoms with Gasteiger partial charge in [-0.1, -0.05) is 41.4 Å². The number of nitrogens with one attached hydrogen (secondary N) is 2. The van der Waals surface area contributed by atoms with E-state index in [2.05, 4.69) is 26.6 Å². The number of hydrogen-bond donors (Lipinski definition) is 2. The highest BCUT2D eigenvalue weighted by Crippen LogP contribution is 2.20. The summed E-state index contributed by atoms with van der Waals surface area (Å²) in [6.45, 7) is 0.394. The average Bonchev–Trinajstić information content (AvgIpc) is 2.46. The Bertz CT molecular complexity index is 724. The van der Waals surface area contributed by atoms with Crippen LogP contribution in [0.4, 0.5) is 0 Å². The van der Waals surface area contributed by atoms with Crippen LogP contribution in [0.1, 0.15) is 15.9 Å². The van der Waals surface area contributed by atoms with E-state index in [9.17, 15) is 4.79 Å². The Balaban J connectivity index is 1.93. The van der Waals surface area contributed by atoms with Gasteiger partial charge in [0, 0.05) is 21.1 Å². The molecule has 0 radical (unpaired) electrons. The average molecular weight is 418 g/mol. The Kier molecular flexibility index (Phi) is 6.20. The van der Waals surface area contributed by atoms with Crippen molar-refractivity contribution in [1.29, 1.82) is 0 Å². The molecule has 2 rings (SSSR count). The quantitative estimate of drug-likeness (QED) is 0.719. The molecular weight excluding hydrogens is 407 g/mol. The number of rotatable bonds is 3. The predicted octanol–water partition coefficient (Wildman–Crippen LogP) is 4.56. The molecule has 0 aliphatic rings. The molecule has 0 atom stereocenters. The maximum atomic E-state index is 12.1. The van der Waals surface area contributed by atoms with Gasteiger partial charge in [0.25, 0.3) is 5.91 Å². The minimum Gasteiger partial charge on any atom is -0.358 e. The summed E-state index contributed by atoms with van der Waals surface area (Å²) < 4.78 is 0.705. The van der Waals surface area contributed by atoms with Gasteiger partial charge in [0.2, 0.25) is 0 Å². The Labute approximate surface area is 152 Å². The second-order valence-electron chi connectivity index (χ2n) is 4.35. The van der Waals surface area contributed by atoms with Crippen molar-refractivity contribution in [2.45, 2.75) is 6.54 Å². The normalized spacial score (nSPS) is 10.1. The minimum atomic E-state index is -0.285. The molecule has 0 spiro atoms. The fourth-order valence-corrected chi connectivity index (χ4v) is 2.81. The van der Waals surface area contributed by atoms with Gasteiger partial charge in [0.1, 0.15) is 0 Å². The second kappa shape index (κ2) is 7.92. The Hall–Kier alpha value is -1.14. The molecule has 0 aliphatic carbocycles. The lowest BCUT2D eigenvalue weighted by Crippen LogP contribution is -2.39. The molecular formula is C15H11BrCl2N2OS. The molecule has 0 saturated heterocycles. The second-order valence-corrected chi connectivity index (χ2v) is 6.46. The van der Waals surface area contributed by atoms with Crippen LogP contribution in [0.25, 0.3) is 0 Å². The summed E-state index contributed by atoms with van der Waals surface area (Å²) in [5, 5.41) is 6.89. The van der Waals surface area contributed by atoms with Crippen LogP contribution in [0.3, 0.4) is 0 Å². The molecule has 2 aromatic rings. The van der Waals surface area contributed by atoms with Crippen molar-refractivity contribution in [3.63, 3.8) is 0 Å². The summed E-state index contributed by atoms with van der Waals surface area (Å²) in [6.07, 6.45) is 0. The van der Waals surface area contributed by atoms with E-state index < -0.39 is 0 Å². The third kappa shape index (κ3) is 4.68. The molecule has 0 aromatic heterocycles. The highest BCUT2D eigenvalue weighted by Gasteiger charge is 2.11. The smallest absolute Gasteiger partial charge is 0.258 e. The first kappa shape index (κ1) is 17.2. The van der Waals surface area contributed by atoms with Gasteiger partial charge in [-0.3, -0.25) is 10.1 Å². The molecule has 0 fully saturated rings. The number of carbonyl (C=O) groups excluding carboxylic acids is 1. The van der Waals surface area contributed by atoms with Crippen LogP contribution in [-0.2, 0) is 6.54 Å². The third-order valence-electron chi connectivity index (χ3n) is 2.80. The molecule has 0 unspecified atom stereocenters. The standard InChI is InChI=1S/C15H11BrCl2N2OS/c16-12-4-2-1-3-11(12)14(21)20-15(22)19-8-9-5-6-10(17)7-13(9)18/h1-7H,8H2,(H2,19,20,21,22). The van der Waals surface area contributed by atoms with Crippen LogP contribution in [0, 0.1) is 0 Å². The zero-order valence-electron chi connectivity index (χ0n) is 11.2. The van der Waals surface area contributed by atoms with E-state index >= 15 is 0 Å². The van der Waals surface area contributed by atoms with Crippen LogP contribution >= 0.6 is 51.3 Å². The van der Waals surface area contributed by atoms with Crippen molar-refractivity contribution >= 4 is 62.4 Å². The van der Waals surface area contributed by atoms with Gasteiger partial charge < -0.3 is 5.32 Å². The molecule has 22 heavy (non-hydrogen) atoms. The van der Waals surface area contributed by atoms with Gasteiger partial charge in [0.05, 0.1) is 5.56 Å². The van der Waals surface area contributed by atoms with Crippen LogP contribution in [0.15, 0.2) is 46.9 Å². The van der Waals surface area contributed by atoms with Gasteiger partial charge in [-0.05, 0) is 58.0 Å². The topological polar surface area (TPSA) is 41.1 Å². The summed E-state index contributed by atoms with van der Waals surface area (Å²) in [5.41, 5.74) is 1.35. The molecule has 2 N–H and O–H groups in total. The highest BCUT2D eigenvalue weighted by atomic mass is 79.9. The predicted molar refractivity (Wildman–Crippen MR) is 97.5 cm³/mol. The van der Waals surface area contributed by atoms with Gasteiger partial charge in [-0.25, -0.2) is 0 Å². The summed E-state index contributed by atoms with van der Waals surface area (Å²) in [4.78, 5) is 12.1. The van der Waals surface area contributed by atoms with E-state index in [0.717, 1.165) is 5.56 Å². The summed E-state index contributed by atoms with van der Waals surface area (Å²) >= 11 is 20.4. The fraction of sp³-hybridized carbons (Fsp3) is 0.0667. The van der Waals surface area contributed by atoms with Crippen molar-refractivity contribution in [3.8, 4) is 0 Å². The van der Waals surface area contributed by atoms with E-state index in [1.54, 1.807) is 36.4 Å². The van der Waals surface area contributed by atoms with Gasteiger partial charge in [-0.2, -0.15) is 0 Å². The highest BCUT2D eigenvalue weighted by molar-refractivity contribution is 9.10. The van der Waals surface area contributed by atoms with E-state index in [4.69, 9.17) is 35.4 Å². The molecule has 3 nitrogen and oxygen atoms in total. The van der Waals surface area contributed by atoms with Crippen molar-refractivity contribution in [2.75, 3.05) is 0 Å². The fourth-order valence-electron chi connectivity index (χ4n) is 1.70. The molecule has 0 heterocycles. The van der Waals surface area contributed by atoms with Crippen molar-refractivity contribution in [1.82, 2.24) is 10.6 Å². The zero-order chi connectivity index (χ0) is 16.1. The third-order valence-corrected chi connectivity index (χ3v) is 4.32. The molecule has 7 heteroatoms. The monoisotopic (exact) mass is 416 g/mol. The van der Waals surface area contributed by atoms with Crippen LogP contribution in [0.5, 0.6) is 0 Å². The number of carbonyl (C=O) groups is 1. The van der Waals surface area contributed by atoms with Gasteiger partial charge in [0.15, 0.2) is 5.11 Å². The summed E-state index contributed by atoms with van der Waals surface area (Å²) in [7, 11) is 0. The maximum Gasteiger partial charge on any atom is 0.258 e. The first-order chi connectivity index (χ1) is 10.5. The van der Waals surface area contributed by atoms with E-state index in [0.29, 0.717) is 26.6 Å². The molecule has 0 bridgehead atoms. The maximum absolute atomic E-state index is 12.1. The molecule has 2 aromatic carbocycles. The largest absolute Gasteiger partial charge is 0.358 e. The van der Waals surface area contributed by atoms with E-state index in [1.165, 1.54) is 0 Å². The minimum absolute atomic E-state index is 0.228. The van der Waals surface area contributed by atoms with Crippen LogP contribution in [0.2, 0.25) is 10.0 Å². The van der Waals surface area contributed by atoms with E-state index in [1.807, 2.05) is 6.07 Å². The number of amides is 1. The first-order valence-electron chi connectivity index (χ1n) is 6.25. The Morgan fingerprint density at radius 2 is 1.91 bits per heavy atom. The Morgan fingerprint density at radius 1 is 1.18 bits per heavy atom. The molecule has 0 saturated carbocycles. The summed E-state index contributed by atoms with van der Waals surface area (Å²) in [6, 6.07) is 12.3. The van der Waals surface area contributed by atoms with Crippen LogP contribution < -0.4 is 10.6 Å². The first-order valence-corrected chi connectivity index (χ1v) is 8.20. The molecule has 1 amide bonds. The van der Waals surface area contributed by atoms with Crippen LogP contribution in [-0.4, -0.2) is 11.0 Å². The number of hydrogen-bond acceptors (Lipinski definition) is 2. The lowest BCUT2D eigenvalue weighted by Gasteiger charge is -2.11. The summed E-state index contributed by atoms with van der Waals surface area (Å²) in [5.74, 6) is -0.285. The van der Waals surface area contributed by atoms with Crippen molar-refractivity contribution < 1.29 is 4.79 Å². The number of halogens is 3. The SMILES string of the molecule is O=C(NC(=S)NCc1ccc(Cl)cc1Cl)c1ccccc1Br. The zero-order valence-corrected chi connectivity index (χ0v) is 15.1. The Morgan fingerprint density at radius 3 is 2.59 bits per heavy atom. The molecule has 0 aliphatic heterocycles. The lowest BCUT2D eigenvalue weighted by atomic mass is 10.2. The van der Waals surface area contributed by atoms with E-state index in [-0.39, 0.29) is 11.0 Å². The van der Waals surface area contributed by atoms with Gasteiger partial charge in [-0.15, -0.1) is 0 Å². The lowest BCUT2D eigenvalue weighted by molar-refractivity contribution is 0.0976.